The highest BCUT2D eigenvalue weighted by Gasteiger charge is 2.08. The fraction of sp³-hybridized carbons (Fsp3) is 0.286. The number of hydrogen-bond acceptors (Lipinski definition) is 4. The molecule has 6 nitrogen and oxygen atoms in total. The molecule has 2 N–H and O–H groups in total. The lowest BCUT2D eigenvalue weighted by molar-refractivity contribution is -0.136. The van der Waals surface area contributed by atoms with Gasteiger partial charge in [0, 0.05) is 18.3 Å². The summed E-state index contributed by atoms with van der Waals surface area (Å²) >= 11 is 0. The number of aliphatic carboxylic acids is 1. The number of benzene rings is 1. The van der Waals surface area contributed by atoms with Crippen LogP contribution in [0, 0.1) is 0 Å². The Kier molecular flexibility index (Phi) is 4.24. The Morgan fingerprint density at radius 1 is 1.30 bits per heavy atom. The number of carboxylic acids is 1. The maximum absolute atomic E-state index is 10.6. The number of carboxylic acid groups (broad SMARTS) is 1. The summed E-state index contributed by atoms with van der Waals surface area (Å²) in [6.45, 7) is 0. The minimum atomic E-state index is -0.883. The van der Waals surface area contributed by atoms with E-state index in [1.54, 1.807) is 20.4 Å². The van der Waals surface area contributed by atoms with Gasteiger partial charge >= 0.3 is 5.97 Å². The zero-order chi connectivity index (χ0) is 14.5. The van der Waals surface area contributed by atoms with Crippen LogP contribution < -0.4 is 9.47 Å². The van der Waals surface area contributed by atoms with Crippen LogP contribution in [0.3, 0.4) is 0 Å². The van der Waals surface area contributed by atoms with E-state index in [1.165, 1.54) is 0 Å². The van der Waals surface area contributed by atoms with Crippen molar-refractivity contribution in [2.24, 2.45) is 0 Å². The molecule has 106 valence electrons. The molecule has 20 heavy (non-hydrogen) atoms. The van der Waals surface area contributed by atoms with Crippen molar-refractivity contribution in [2.75, 3.05) is 14.2 Å². The average molecular weight is 276 g/mol. The summed E-state index contributed by atoms with van der Waals surface area (Å²) in [5.74, 6) is 1.16. The van der Waals surface area contributed by atoms with Gasteiger partial charge in [-0.1, -0.05) is 6.07 Å². The summed E-state index contributed by atoms with van der Waals surface area (Å²) in [5.41, 5.74) is 1.59. The number of aromatic nitrogens is 2. The van der Waals surface area contributed by atoms with Crippen molar-refractivity contribution < 1.29 is 19.4 Å². The van der Waals surface area contributed by atoms with E-state index in [-0.39, 0.29) is 6.42 Å². The molecule has 0 atom stereocenters. The summed E-state index contributed by atoms with van der Waals surface area (Å²) in [7, 11) is 3.17. The second-order valence-electron chi connectivity index (χ2n) is 4.29. The van der Waals surface area contributed by atoms with Gasteiger partial charge in [0.2, 0.25) is 0 Å². The lowest BCUT2D eigenvalue weighted by Crippen LogP contribution is -2.00. The van der Waals surface area contributed by atoms with E-state index in [1.807, 2.05) is 18.2 Å². The van der Waals surface area contributed by atoms with Gasteiger partial charge in [-0.05, 0) is 17.7 Å². The van der Waals surface area contributed by atoms with Crippen LogP contribution in [0.2, 0.25) is 0 Å². The molecule has 0 amide bonds. The van der Waals surface area contributed by atoms with Crippen molar-refractivity contribution in [1.29, 1.82) is 0 Å². The van der Waals surface area contributed by atoms with Crippen molar-refractivity contribution in [1.82, 2.24) is 9.97 Å². The number of hydrogen-bond donors (Lipinski definition) is 2. The first kappa shape index (κ1) is 13.9. The van der Waals surface area contributed by atoms with Crippen molar-refractivity contribution in [3.05, 3.63) is 41.5 Å². The number of methoxy groups -OCH3 is 2. The zero-order valence-electron chi connectivity index (χ0n) is 11.3. The van der Waals surface area contributed by atoms with Crippen LogP contribution in [0.5, 0.6) is 11.5 Å². The maximum atomic E-state index is 10.6. The number of carbonyl (C=O) groups is 1. The third-order valence-electron chi connectivity index (χ3n) is 2.84. The Labute approximate surface area is 116 Å². The van der Waals surface area contributed by atoms with Gasteiger partial charge in [-0.3, -0.25) is 4.79 Å². The van der Waals surface area contributed by atoms with Crippen LogP contribution in [0.4, 0.5) is 0 Å². The smallest absolute Gasteiger partial charge is 0.309 e. The molecule has 1 aromatic heterocycles. The van der Waals surface area contributed by atoms with Gasteiger partial charge in [-0.15, -0.1) is 0 Å². The highest BCUT2D eigenvalue weighted by Crippen LogP contribution is 2.28. The third-order valence-corrected chi connectivity index (χ3v) is 2.84. The molecule has 0 spiro atoms. The number of imidazole rings is 1. The molecule has 0 saturated heterocycles. The molecular weight excluding hydrogens is 260 g/mol. The van der Waals surface area contributed by atoms with E-state index in [2.05, 4.69) is 9.97 Å². The largest absolute Gasteiger partial charge is 0.493 e. The van der Waals surface area contributed by atoms with Gasteiger partial charge in [0.1, 0.15) is 5.82 Å². The van der Waals surface area contributed by atoms with E-state index < -0.39 is 5.97 Å². The molecule has 0 radical (unpaired) electrons. The molecule has 0 saturated carbocycles. The fourth-order valence-electron chi connectivity index (χ4n) is 1.93. The molecule has 6 heteroatoms. The van der Waals surface area contributed by atoms with Crippen LogP contribution in [-0.2, 0) is 17.6 Å². The van der Waals surface area contributed by atoms with E-state index in [9.17, 15) is 4.79 Å². The van der Waals surface area contributed by atoms with Gasteiger partial charge in [0.25, 0.3) is 0 Å². The normalized spacial score (nSPS) is 10.3. The summed E-state index contributed by atoms with van der Waals surface area (Å²) in [5, 5.41) is 8.71. The van der Waals surface area contributed by atoms with Crippen molar-refractivity contribution in [3.63, 3.8) is 0 Å². The second-order valence-corrected chi connectivity index (χ2v) is 4.29. The molecule has 1 aromatic carbocycles. The Balaban J connectivity index is 2.13. The van der Waals surface area contributed by atoms with Gasteiger partial charge in [0.05, 0.1) is 20.6 Å². The van der Waals surface area contributed by atoms with Gasteiger partial charge in [-0.25, -0.2) is 4.98 Å². The van der Waals surface area contributed by atoms with Crippen LogP contribution in [0.25, 0.3) is 0 Å². The number of ether oxygens (including phenoxy) is 2. The van der Waals surface area contributed by atoms with Crippen LogP contribution in [0.15, 0.2) is 24.4 Å². The highest BCUT2D eigenvalue weighted by molar-refractivity contribution is 5.69. The minimum absolute atomic E-state index is 0.0566. The first-order chi connectivity index (χ1) is 9.62. The topological polar surface area (TPSA) is 84.4 Å². The lowest BCUT2D eigenvalue weighted by atomic mass is 10.1. The Bertz CT molecular complexity index is 607. The van der Waals surface area contributed by atoms with Crippen molar-refractivity contribution in [2.45, 2.75) is 12.8 Å². The third kappa shape index (κ3) is 3.28. The van der Waals surface area contributed by atoms with E-state index in [0.717, 1.165) is 5.56 Å². The fourth-order valence-corrected chi connectivity index (χ4v) is 1.93. The molecule has 1 heterocycles. The molecule has 0 aliphatic heterocycles. The standard InChI is InChI=1S/C14H16N2O4/c1-19-11-4-3-9(5-12(11)20-2)6-13-15-8-10(16-13)7-14(17)18/h3-5,8H,6-7H2,1-2H3,(H,15,16)(H,17,18). The molecule has 0 fully saturated rings. The monoisotopic (exact) mass is 276 g/mol. The van der Waals surface area contributed by atoms with E-state index in [0.29, 0.717) is 29.4 Å². The average Bonchev–Trinajstić information content (AvgIpc) is 2.85. The number of H-pyrrole nitrogens is 1. The first-order valence-electron chi connectivity index (χ1n) is 6.08. The molecule has 0 aliphatic carbocycles. The van der Waals surface area contributed by atoms with E-state index in [4.69, 9.17) is 14.6 Å². The Morgan fingerprint density at radius 2 is 2.05 bits per heavy atom. The SMILES string of the molecule is COc1ccc(Cc2ncc(CC(=O)O)[nH]2)cc1OC. The maximum Gasteiger partial charge on any atom is 0.309 e. The number of rotatable bonds is 6. The minimum Gasteiger partial charge on any atom is -0.493 e. The highest BCUT2D eigenvalue weighted by atomic mass is 16.5. The van der Waals surface area contributed by atoms with Crippen LogP contribution >= 0.6 is 0 Å². The summed E-state index contributed by atoms with van der Waals surface area (Å²) in [4.78, 5) is 17.8. The number of aromatic amines is 1. The Hall–Kier alpha value is -2.50. The van der Waals surface area contributed by atoms with E-state index >= 15 is 0 Å². The molecule has 0 bridgehead atoms. The zero-order valence-corrected chi connectivity index (χ0v) is 11.3. The molecule has 0 aliphatic rings. The summed E-state index contributed by atoms with van der Waals surface area (Å²) in [6.07, 6.45) is 2.06. The predicted octanol–water partition coefficient (Wildman–Crippen LogP) is 1.64. The molecule has 0 unspecified atom stereocenters. The van der Waals surface area contributed by atoms with Gasteiger partial charge in [0.15, 0.2) is 11.5 Å². The van der Waals surface area contributed by atoms with Crippen LogP contribution in [0.1, 0.15) is 17.1 Å². The van der Waals surface area contributed by atoms with Crippen molar-refractivity contribution >= 4 is 5.97 Å². The lowest BCUT2D eigenvalue weighted by Gasteiger charge is -2.08. The first-order valence-corrected chi connectivity index (χ1v) is 6.08. The summed E-state index contributed by atoms with van der Waals surface area (Å²) < 4.78 is 10.4. The summed E-state index contributed by atoms with van der Waals surface area (Å²) in [6, 6.07) is 5.62. The number of nitrogens with zero attached hydrogens (tertiary/aromatic N) is 1. The second kappa shape index (κ2) is 6.10. The van der Waals surface area contributed by atoms with Crippen LogP contribution in [-0.4, -0.2) is 35.3 Å². The quantitative estimate of drug-likeness (QED) is 0.838. The Morgan fingerprint density at radius 3 is 2.70 bits per heavy atom. The molecule has 2 aromatic rings. The van der Waals surface area contributed by atoms with Gasteiger partial charge < -0.3 is 19.6 Å². The molecule has 2 rings (SSSR count). The number of nitrogens with one attached hydrogen (secondary N) is 1. The molecular formula is C14H16N2O4. The van der Waals surface area contributed by atoms with Crippen molar-refractivity contribution in [3.8, 4) is 11.5 Å². The predicted molar refractivity (Wildman–Crippen MR) is 72.3 cm³/mol. The van der Waals surface area contributed by atoms with Gasteiger partial charge in [-0.2, -0.15) is 0 Å².